The molecule has 1 unspecified atom stereocenters. The number of carbonyl (C=O) groups excluding carboxylic acids is 1. The number of nitrogens with zero attached hydrogens (tertiary/aromatic N) is 1. The molecule has 0 aromatic heterocycles. The van der Waals surface area contributed by atoms with Gasteiger partial charge in [0.2, 0.25) is 5.91 Å². The van der Waals surface area contributed by atoms with Crippen molar-refractivity contribution in [2.45, 2.75) is 44.0 Å². The third kappa shape index (κ3) is 5.04. The molecule has 1 N–H and O–H groups in total. The fourth-order valence-electron chi connectivity index (χ4n) is 2.53. The highest BCUT2D eigenvalue weighted by Gasteiger charge is 2.17. The van der Waals surface area contributed by atoms with Gasteiger partial charge in [0.05, 0.1) is 5.75 Å². The molecule has 0 aliphatic carbocycles. The van der Waals surface area contributed by atoms with Crippen molar-refractivity contribution in [3.05, 3.63) is 29.8 Å². The molecule has 1 aliphatic heterocycles. The van der Waals surface area contributed by atoms with Crippen LogP contribution in [0.2, 0.25) is 0 Å². The van der Waals surface area contributed by atoms with Crippen LogP contribution in [-0.4, -0.2) is 36.2 Å². The van der Waals surface area contributed by atoms with E-state index in [-0.39, 0.29) is 5.91 Å². The maximum atomic E-state index is 12.0. The van der Waals surface area contributed by atoms with Gasteiger partial charge in [-0.05, 0) is 50.4 Å². The second-order valence-corrected chi connectivity index (χ2v) is 6.67. The zero-order chi connectivity index (χ0) is 15.1. The second kappa shape index (κ2) is 8.44. The van der Waals surface area contributed by atoms with Crippen LogP contribution in [0.1, 0.15) is 44.7 Å². The quantitative estimate of drug-likeness (QED) is 0.783. The summed E-state index contributed by atoms with van der Waals surface area (Å²) >= 11 is 1.64. The maximum absolute atomic E-state index is 12.0. The molecular weight excluding hydrogens is 280 g/mol. The number of thioether (sulfide) groups is 1. The van der Waals surface area contributed by atoms with E-state index in [1.807, 2.05) is 4.90 Å². The minimum absolute atomic E-state index is 0.277. The van der Waals surface area contributed by atoms with Gasteiger partial charge in [-0.25, -0.2) is 0 Å². The minimum atomic E-state index is 0.277. The number of hydrogen-bond donors (Lipinski definition) is 1. The summed E-state index contributed by atoms with van der Waals surface area (Å²) in [6.07, 6.45) is 3.47. The van der Waals surface area contributed by atoms with Crippen molar-refractivity contribution in [2.24, 2.45) is 0 Å². The molecule has 1 aromatic carbocycles. The lowest BCUT2D eigenvalue weighted by molar-refractivity contribution is -0.127. The van der Waals surface area contributed by atoms with Crippen molar-refractivity contribution in [1.29, 1.82) is 0 Å². The van der Waals surface area contributed by atoms with Gasteiger partial charge in [0.15, 0.2) is 0 Å². The predicted octanol–water partition coefficient (Wildman–Crippen LogP) is 3.46. The van der Waals surface area contributed by atoms with Crippen LogP contribution in [0.3, 0.4) is 0 Å². The van der Waals surface area contributed by atoms with Gasteiger partial charge in [-0.2, -0.15) is 0 Å². The lowest BCUT2D eigenvalue weighted by Gasteiger charge is -2.15. The van der Waals surface area contributed by atoms with E-state index in [1.54, 1.807) is 11.8 Å². The Morgan fingerprint density at radius 1 is 1.29 bits per heavy atom. The molecule has 4 heteroatoms. The van der Waals surface area contributed by atoms with E-state index >= 15 is 0 Å². The number of rotatable bonds is 7. The first kappa shape index (κ1) is 16.4. The van der Waals surface area contributed by atoms with Gasteiger partial charge >= 0.3 is 0 Å². The molecule has 0 bridgehead atoms. The van der Waals surface area contributed by atoms with Crippen molar-refractivity contribution < 1.29 is 4.79 Å². The number of carbonyl (C=O) groups is 1. The van der Waals surface area contributed by atoms with E-state index in [1.165, 1.54) is 10.5 Å². The molecule has 2 rings (SSSR count). The number of amides is 1. The molecule has 1 atom stereocenters. The summed E-state index contributed by atoms with van der Waals surface area (Å²) in [5.74, 6) is 0.836. The Kier molecular flexibility index (Phi) is 6.58. The van der Waals surface area contributed by atoms with Gasteiger partial charge in [0.1, 0.15) is 0 Å². The largest absolute Gasteiger partial charge is 0.342 e. The predicted molar refractivity (Wildman–Crippen MR) is 89.7 cm³/mol. The smallest absolute Gasteiger partial charge is 0.232 e. The van der Waals surface area contributed by atoms with Gasteiger partial charge in [-0.1, -0.05) is 19.1 Å². The topological polar surface area (TPSA) is 32.3 Å². The molecule has 116 valence electrons. The summed E-state index contributed by atoms with van der Waals surface area (Å²) in [4.78, 5) is 15.2. The van der Waals surface area contributed by atoms with E-state index in [0.717, 1.165) is 38.9 Å². The van der Waals surface area contributed by atoms with Crippen LogP contribution in [0.4, 0.5) is 0 Å². The van der Waals surface area contributed by atoms with Crippen molar-refractivity contribution in [2.75, 3.05) is 25.4 Å². The first-order chi connectivity index (χ1) is 10.2. The van der Waals surface area contributed by atoms with Crippen LogP contribution in [0.15, 0.2) is 29.2 Å². The van der Waals surface area contributed by atoms with Crippen LogP contribution in [0.5, 0.6) is 0 Å². The van der Waals surface area contributed by atoms with Gasteiger partial charge in [0, 0.05) is 24.0 Å². The third-order valence-electron chi connectivity index (χ3n) is 3.90. The highest BCUT2D eigenvalue weighted by atomic mass is 32.2. The lowest BCUT2D eigenvalue weighted by Crippen LogP contribution is -2.29. The van der Waals surface area contributed by atoms with Gasteiger partial charge in [-0.15, -0.1) is 11.8 Å². The molecule has 21 heavy (non-hydrogen) atoms. The normalized spacial score (nSPS) is 16.2. The molecule has 1 aromatic rings. The Morgan fingerprint density at radius 2 is 1.95 bits per heavy atom. The highest BCUT2D eigenvalue weighted by Crippen LogP contribution is 2.22. The van der Waals surface area contributed by atoms with Gasteiger partial charge in [0.25, 0.3) is 0 Å². The Bertz CT molecular complexity index is 441. The lowest BCUT2D eigenvalue weighted by atomic mass is 10.1. The minimum Gasteiger partial charge on any atom is -0.342 e. The van der Waals surface area contributed by atoms with Crippen LogP contribution in [-0.2, 0) is 4.79 Å². The van der Waals surface area contributed by atoms with Crippen molar-refractivity contribution in [3.8, 4) is 0 Å². The molecule has 1 heterocycles. The van der Waals surface area contributed by atoms with Gasteiger partial charge in [-0.3, -0.25) is 4.79 Å². The summed E-state index contributed by atoms with van der Waals surface area (Å²) in [5, 5.41) is 3.49. The molecule has 3 nitrogen and oxygen atoms in total. The maximum Gasteiger partial charge on any atom is 0.232 e. The zero-order valence-corrected chi connectivity index (χ0v) is 13.9. The molecule has 0 spiro atoms. The number of likely N-dealkylation sites (tertiary alicyclic amines) is 1. The molecule has 0 saturated carbocycles. The average Bonchev–Trinajstić information content (AvgIpc) is 3.05. The van der Waals surface area contributed by atoms with E-state index in [4.69, 9.17) is 0 Å². The van der Waals surface area contributed by atoms with E-state index in [2.05, 4.69) is 43.4 Å². The fraction of sp³-hybridized carbons (Fsp3) is 0.588. The fourth-order valence-corrected chi connectivity index (χ4v) is 3.34. The van der Waals surface area contributed by atoms with Crippen LogP contribution in [0, 0.1) is 0 Å². The molecule has 0 radical (unpaired) electrons. The SMILES string of the molecule is CCCNC(C)c1ccc(SCC(=O)N2CCCC2)cc1. The number of nitrogens with one attached hydrogen (secondary N) is 1. The summed E-state index contributed by atoms with van der Waals surface area (Å²) in [6.45, 7) is 7.30. The monoisotopic (exact) mass is 306 g/mol. The van der Waals surface area contributed by atoms with Crippen molar-refractivity contribution in [1.82, 2.24) is 10.2 Å². The average molecular weight is 306 g/mol. The molecule has 1 saturated heterocycles. The summed E-state index contributed by atoms with van der Waals surface area (Å²) < 4.78 is 0. The van der Waals surface area contributed by atoms with Crippen molar-refractivity contribution >= 4 is 17.7 Å². The van der Waals surface area contributed by atoms with Crippen LogP contribution in [0.25, 0.3) is 0 Å². The first-order valence-electron chi connectivity index (χ1n) is 7.94. The Balaban J connectivity index is 1.80. The molecule has 1 fully saturated rings. The second-order valence-electron chi connectivity index (χ2n) is 5.62. The third-order valence-corrected chi connectivity index (χ3v) is 4.90. The molecule has 1 aliphatic rings. The van der Waals surface area contributed by atoms with E-state index in [9.17, 15) is 4.79 Å². The summed E-state index contributed by atoms with van der Waals surface area (Å²) in [7, 11) is 0. The Morgan fingerprint density at radius 3 is 2.57 bits per heavy atom. The highest BCUT2D eigenvalue weighted by molar-refractivity contribution is 8.00. The zero-order valence-electron chi connectivity index (χ0n) is 13.1. The summed E-state index contributed by atoms with van der Waals surface area (Å²) in [5.41, 5.74) is 1.30. The van der Waals surface area contributed by atoms with Crippen LogP contribution >= 0.6 is 11.8 Å². The van der Waals surface area contributed by atoms with Crippen LogP contribution < -0.4 is 5.32 Å². The first-order valence-corrected chi connectivity index (χ1v) is 8.93. The molecular formula is C17H26N2OS. The Hall–Kier alpha value is -1.00. The van der Waals surface area contributed by atoms with E-state index in [0.29, 0.717) is 11.8 Å². The number of benzene rings is 1. The van der Waals surface area contributed by atoms with E-state index < -0.39 is 0 Å². The summed E-state index contributed by atoms with van der Waals surface area (Å²) in [6, 6.07) is 8.96. The molecule has 1 amide bonds. The van der Waals surface area contributed by atoms with Gasteiger partial charge < -0.3 is 10.2 Å². The standard InChI is InChI=1S/C17H26N2OS/c1-3-10-18-14(2)15-6-8-16(9-7-15)21-13-17(20)19-11-4-5-12-19/h6-9,14,18H,3-5,10-13H2,1-2H3. The Labute approximate surface area is 132 Å². The van der Waals surface area contributed by atoms with Crippen molar-refractivity contribution in [3.63, 3.8) is 0 Å². The number of hydrogen-bond acceptors (Lipinski definition) is 3.